The van der Waals surface area contributed by atoms with Gasteiger partial charge in [0, 0.05) is 54.1 Å². The van der Waals surface area contributed by atoms with Crippen LogP contribution in [0.15, 0.2) is 36.5 Å². The number of aromatic nitrogens is 3. The highest BCUT2D eigenvalue weighted by atomic mass is 35.5. The zero-order valence-corrected chi connectivity index (χ0v) is 18.5. The summed E-state index contributed by atoms with van der Waals surface area (Å²) in [5.41, 5.74) is 2.21. The molecule has 3 heterocycles. The largest absolute Gasteiger partial charge is 0.335 e. The van der Waals surface area contributed by atoms with E-state index in [-0.39, 0.29) is 30.4 Å². The Balaban J connectivity index is 1.61. The third kappa shape index (κ3) is 4.02. The lowest BCUT2D eigenvalue weighted by atomic mass is 10.1. The minimum Gasteiger partial charge on any atom is -0.335 e. The first-order valence-corrected chi connectivity index (χ1v) is 11.7. The number of hydrogen-bond donors (Lipinski definition) is 0. The van der Waals surface area contributed by atoms with E-state index in [9.17, 15) is 13.2 Å². The maximum absolute atomic E-state index is 13.0. The van der Waals surface area contributed by atoms with Gasteiger partial charge in [-0.05, 0) is 31.2 Å². The van der Waals surface area contributed by atoms with Crippen LogP contribution in [0.25, 0.3) is 16.9 Å². The van der Waals surface area contributed by atoms with Crippen LogP contribution in [-0.4, -0.2) is 70.1 Å². The van der Waals surface area contributed by atoms with Crippen molar-refractivity contribution in [3.8, 4) is 11.3 Å². The summed E-state index contributed by atoms with van der Waals surface area (Å²) in [6.45, 7) is 2.80. The zero-order chi connectivity index (χ0) is 21.5. The molecule has 0 saturated carbocycles. The van der Waals surface area contributed by atoms with Gasteiger partial charge in [-0.25, -0.2) is 17.9 Å². The standard InChI is InChI=1S/C19H19Cl2N5O3S/c1-2-30(28,29)25-7-5-24(6-8-25)19(27)16-12-18-22-4-3-17(26(18)23-16)13-9-14(20)11-15(21)10-13/h3-4,9-12H,2,5-8H2,1H3. The Bertz CT molecular complexity index is 1200. The number of rotatable bonds is 4. The lowest BCUT2D eigenvalue weighted by Crippen LogP contribution is -2.50. The Morgan fingerprint density at radius 3 is 2.37 bits per heavy atom. The van der Waals surface area contributed by atoms with Crippen molar-refractivity contribution in [3.63, 3.8) is 0 Å². The van der Waals surface area contributed by atoms with E-state index in [1.165, 1.54) is 4.31 Å². The van der Waals surface area contributed by atoms with Gasteiger partial charge >= 0.3 is 0 Å². The molecule has 0 N–H and O–H groups in total. The number of hydrogen-bond acceptors (Lipinski definition) is 5. The van der Waals surface area contributed by atoms with Crippen molar-refractivity contribution in [2.45, 2.75) is 6.92 Å². The zero-order valence-electron chi connectivity index (χ0n) is 16.1. The number of benzene rings is 1. The molecule has 1 aliphatic rings. The van der Waals surface area contributed by atoms with Crippen molar-refractivity contribution in [2.75, 3.05) is 31.9 Å². The molecule has 4 rings (SSSR count). The Morgan fingerprint density at radius 1 is 1.07 bits per heavy atom. The summed E-state index contributed by atoms with van der Waals surface area (Å²) < 4.78 is 27.0. The predicted molar refractivity (Wildman–Crippen MR) is 115 cm³/mol. The molecule has 0 unspecified atom stereocenters. The van der Waals surface area contributed by atoms with E-state index in [0.29, 0.717) is 34.5 Å². The van der Waals surface area contributed by atoms with E-state index < -0.39 is 10.0 Å². The molecule has 0 radical (unpaired) electrons. The fraction of sp³-hybridized carbons (Fsp3) is 0.316. The number of fused-ring (bicyclic) bond motifs is 1. The van der Waals surface area contributed by atoms with Gasteiger partial charge < -0.3 is 4.90 Å². The van der Waals surface area contributed by atoms with Crippen molar-refractivity contribution in [1.82, 2.24) is 23.8 Å². The van der Waals surface area contributed by atoms with E-state index in [4.69, 9.17) is 23.2 Å². The highest BCUT2D eigenvalue weighted by molar-refractivity contribution is 7.89. The number of amides is 1. The van der Waals surface area contributed by atoms with Crippen molar-refractivity contribution in [2.24, 2.45) is 0 Å². The van der Waals surface area contributed by atoms with Crippen LogP contribution in [0.5, 0.6) is 0 Å². The summed E-state index contributed by atoms with van der Waals surface area (Å²) in [5, 5.41) is 5.44. The van der Waals surface area contributed by atoms with Gasteiger partial charge in [0.15, 0.2) is 11.3 Å². The van der Waals surface area contributed by atoms with Gasteiger partial charge in [-0.3, -0.25) is 4.79 Å². The lowest BCUT2D eigenvalue weighted by Gasteiger charge is -2.33. The topological polar surface area (TPSA) is 87.9 Å². The molecule has 1 aromatic carbocycles. The lowest BCUT2D eigenvalue weighted by molar-refractivity contribution is 0.0691. The first kappa shape index (κ1) is 21.0. The van der Waals surface area contributed by atoms with Crippen LogP contribution < -0.4 is 0 Å². The Labute approximate surface area is 184 Å². The van der Waals surface area contributed by atoms with E-state index >= 15 is 0 Å². The molecule has 8 nitrogen and oxygen atoms in total. The molecule has 0 aliphatic carbocycles. The van der Waals surface area contributed by atoms with Crippen LogP contribution in [-0.2, 0) is 10.0 Å². The third-order valence-corrected chi connectivity index (χ3v) is 7.34. The number of carbonyl (C=O) groups excluding carboxylic acids is 1. The summed E-state index contributed by atoms with van der Waals surface area (Å²) in [4.78, 5) is 18.9. The quantitative estimate of drug-likeness (QED) is 0.588. The van der Waals surface area contributed by atoms with E-state index in [1.807, 2.05) is 0 Å². The average molecular weight is 468 g/mol. The number of halogens is 2. The van der Waals surface area contributed by atoms with Gasteiger partial charge in [-0.15, -0.1) is 0 Å². The van der Waals surface area contributed by atoms with Gasteiger partial charge in [0.1, 0.15) is 0 Å². The molecule has 1 fully saturated rings. The Hall–Kier alpha value is -2.20. The van der Waals surface area contributed by atoms with Crippen LogP contribution in [0.4, 0.5) is 0 Å². The molecule has 0 bridgehead atoms. The number of nitrogens with zero attached hydrogens (tertiary/aromatic N) is 5. The van der Waals surface area contributed by atoms with Gasteiger partial charge in [0.2, 0.25) is 10.0 Å². The second-order valence-corrected chi connectivity index (χ2v) is 10.0. The molecule has 3 aromatic rings. The normalized spacial score (nSPS) is 15.6. The van der Waals surface area contributed by atoms with Crippen molar-refractivity contribution in [1.29, 1.82) is 0 Å². The van der Waals surface area contributed by atoms with Crippen LogP contribution in [0.3, 0.4) is 0 Å². The highest BCUT2D eigenvalue weighted by Crippen LogP contribution is 2.27. The van der Waals surface area contributed by atoms with Crippen molar-refractivity contribution < 1.29 is 13.2 Å². The van der Waals surface area contributed by atoms with Crippen molar-refractivity contribution in [3.05, 3.63) is 52.3 Å². The summed E-state index contributed by atoms with van der Waals surface area (Å²) in [6.07, 6.45) is 1.63. The number of sulfonamides is 1. The maximum Gasteiger partial charge on any atom is 0.274 e. The molecule has 2 aromatic heterocycles. The Kier molecular flexibility index (Phi) is 5.71. The fourth-order valence-electron chi connectivity index (χ4n) is 3.43. The molecule has 1 amide bonds. The molecule has 0 atom stereocenters. The smallest absolute Gasteiger partial charge is 0.274 e. The maximum atomic E-state index is 13.0. The first-order valence-electron chi connectivity index (χ1n) is 9.37. The molecular weight excluding hydrogens is 449 g/mol. The van der Waals surface area contributed by atoms with Crippen LogP contribution in [0.1, 0.15) is 17.4 Å². The SMILES string of the molecule is CCS(=O)(=O)N1CCN(C(=O)c2cc3nccc(-c4cc(Cl)cc(Cl)c4)n3n2)CC1. The molecule has 158 valence electrons. The summed E-state index contributed by atoms with van der Waals surface area (Å²) in [6, 6.07) is 8.55. The van der Waals surface area contributed by atoms with Crippen molar-refractivity contribution >= 4 is 44.8 Å². The highest BCUT2D eigenvalue weighted by Gasteiger charge is 2.29. The summed E-state index contributed by atoms with van der Waals surface area (Å²) >= 11 is 12.3. The second-order valence-electron chi connectivity index (χ2n) is 6.88. The molecule has 1 aliphatic heterocycles. The van der Waals surface area contributed by atoms with Gasteiger partial charge in [-0.1, -0.05) is 23.2 Å². The van der Waals surface area contributed by atoms with Gasteiger partial charge in [-0.2, -0.15) is 9.40 Å². The molecule has 1 saturated heterocycles. The fourth-order valence-corrected chi connectivity index (χ4v) is 5.04. The average Bonchev–Trinajstić information content (AvgIpc) is 3.17. The second kappa shape index (κ2) is 8.14. The van der Waals surface area contributed by atoms with Crippen LogP contribution >= 0.6 is 23.2 Å². The number of piperazine rings is 1. The molecule has 30 heavy (non-hydrogen) atoms. The van der Waals surface area contributed by atoms with E-state index in [1.54, 1.807) is 52.9 Å². The monoisotopic (exact) mass is 467 g/mol. The minimum atomic E-state index is -3.25. The van der Waals surface area contributed by atoms with Crippen LogP contribution in [0, 0.1) is 0 Å². The molecule has 11 heteroatoms. The predicted octanol–water partition coefficient (Wildman–Crippen LogP) is 2.81. The molecule has 0 spiro atoms. The van der Waals surface area contributed by atoms with Gasteiger partial charge in [0.25, 0.3) is 5.91 Å². The van der Waals surface area contributed by atoms with Gasteiger partial charge in [0.05, 0.1) is 11.4 Å². The summed E-state index contributed by atoms with van der Waals surface area (Å²) in [7, 11) is -3.25. The first-order chi connectivity index (χ1) is 14.3. The minimum absolute atomic E-state index is 0.0509. The van der Waals surface area contributed by atoms with E-state index in [0.717, 1.165) is 5.56 Å². The Morgan fingerprint density at radius 2 is 1.73 bits per heavy atom. The number of carbonyl (C=O) groups is 1. The summed E-state index contributed by atoms with van der Waals surface area (Å²) in [5.74, 6) is -0.209. The third-order valence-electron chi connectivity index (χ3n) is 5.02. The van der Waals surface area contributed by atoms with Crippen LogP contribution in [0.2, 0.25) is 10.0 Å². The molecular formula is C19H19Cl2N5O3S. The van der Waals surface area contributed by atoms with E-state index in [2.05, 4.69) is 10.1 Å².